The third-order valence-electron chi connectivity index (χ3n) is 5.60. The molecule has 12 nitrogen and oxygen atoms in total. The van der Waals surface area contributed by atoms with Crippen LogP contribution in [0.25, 0.3) is 0 Å². The number of carboxylic acids is 1. The van der Waals surface area contributed by atoms with Gasteiger partial charge in [-0.15, -0.1) is 0 Å². The zero-order valence-corrected chi connectivity index (χ0v) is 21.9. The fraction of sp³-hybridized carbons (Fsp3) is 0.600. The van der Waals surface area contributed by atoms with Crippen LogP contribution < -0.4 is 15.2 Å². The van der Waals surface area contributed by atoms with Crippen molar-refractivity contribution in [3.05, 3.63) is 23.8 Å². The molecule has 0 saturated heterocycles. The molecular formula is C25H37NO11. The smallest absolute Gasteiger partial charge is 0.480 e. The minimum Gasteiger partial charge on any atom is -0.480 e. The van der Waals surface area contributed by atoms with E-state index in [1.54, 1.807) is 13.8 Å². The summed E-state index contributed by atoms with van der Waals surface area (Å²) in [5.41, 5.74) is 6.33. The van der Waals surface area contributed by atoms with E-state index in [9.17, 15) is 24.3 Å². The molecule has 12 heteroatoms. The number of ether oxygens (including phenoxy) is 6. The summed E-state index contributed by atoms with van der Waals surface area (Å²) in [5.74, 6) is -3.19. The fourth-order valence-electron chi connectivity index (χ4n) is 3.32. The van der Waals surface area contributed by atoms with Crippen molar-refractivity contribution in [1.82, 2.24) is 0 Å². The summed E-state index contributed by atoms with van der Waals surface area (Å²) in [6.45, 7) is 7.33. The number of hydrogen-bond donors (Lipinski definition) is 2. The van der Waals surface area contributed by atoms with Gasteiger partial charge in [0, 0.05) is 11.8 Å². The largest absolute Gasteiger partial charge is 0.513 e. The molecule has 0 saturated carbocycles. The Morgan fingerprint density at radius 2 is 1.43 bits per heavy atom. The van der Waals surface area contributed by atoms with Crippen LogP contribution >= 0.6 is 0 Å². The topological polar surface area (TPSA) is 170 Å². The first-order chi connectivity index (χ1) is 17.5. The Balaban J connectivity index is 3.37. The van der Waals surface area contributed by atoms with Crippen LogP contribution in [0.4, 0.5) is 14.4 Å². The molecule has 37 heavy (non-hydrogen) atoms. The van der Waals surface area contributed by atoms with Crippen molar-refractivity contribution in [2.75, 3.05) is 20.3 Å². The Labute approximate surface area is 216 Å². The molecule has 1 rings (SSSR count). The third-order valence-corrected chi connectivity index (χ3v) is 5.60. The zero-order chi connectivity index (χ0) is 28.0. The van der Waals surface area contributed by atoms with Gasteiger partial charge in [-0.2, -0.15) is 0 Å². The van der Waals surface area contributed by atoms with Crippen molar-refractivity contribution in [3.8, 4) is 11.5 Å². The molecule has 0 radical (unpaired) electrons. The Morgan fingerprint density at radius 1 is 0.892 bits per heavy atom. The van der Waals surface area contributed by atoms with E-state index in [0.29, 0.717) is 18.4 Å². The number of benzene rings is 1. The van der Waals surface area contributed by atoms with Gasteiger partial charge in [-0.25, -0.2) is 14.4 Å². The monoisotopic (exact) mass is 527 g/mol. The summed E-state index contributed by atoms with van der Waals surface area (Å²) in [5, 5.41) is 9.64. The number of hydrogen-bond acceptors (Lipinski definition) is 11. The van der Waals surface area contributed by atoms with Gasteiger partial charge in [0.1, 0.15) is 12.1 Å². The molecule has 4 atom stereocenters. The van der Waals surface area contributed by atoms with Crippen molar-refractivity contribution < 1.29 is 52.7 Å². The van der Waals surface area contributed by atoms with Gasteiger partial charge in [0.05, 0.1) is 20.3 Å². The number of rotatable bonds is 14. The van der Waals surface area contributed by atoms with E-state index in [-0.39, 0.29) is 24.7 Å². The van der Waals surface area contributed by atoms with E-state index >= 15 is 0 Å². The molecular weight excluding hydrogens is 490 g/mol. The molecule has 1 aromatic rings. The van der Waals surface area contributed by atoms with Crippen molar-refractivity contribution >= 4 is 24.4 Å². The van der Waals surface area contributed by atoms with Crippen LogP contribution in [0, 0.1) is 5.92 Å². The van der Waals surface area contributed by atoms with Gasteiger partial charge < -0.3 is 39.3 Å². The lowest BCUT2D eigenvalue weighted by Crippen LogP contribution is -2.42. The molecule has 3 unspecified atom stereocenters. The lowest BCUT2D eigenvalue weighted by atomic mass is 9.79. The van der Waals surface area contributed by atoms with Crippen molar-refractivity contribution in [1.29, 1.82) is 0 Å². The quantitative estimate of drug-likeness (QED) is 0.149. The molecule has 1 aromatic carbocycles. The Hall–Kier alpha value is -3.54. The number of aliphatic carboxylic acids is 1. The van der Waals surface area contributed by atoms with Gasteiger partial charge in [-0.1, -0.05) is 39.7 Å². The first kappa shape index (κ1) is 31.5. The molecule has 0 aromatic heterocycles. The van der Waals surface area contributed by atoms with E-state index < -0.39 is 48.4 Å². The van der Waals surface area contributed by atoms with Crippen LogP contribution in [0.3, 0.4) is 0 Å². The maximum absolute atomic E-state index is 12.2. The number of unbranched alkanes of at least 4 members (excludes halogenated alkanes) is 2. The molecule has 0 bridgehead atoms. The zero-order valence-electron chi connectivity index (χ0n) is 21.9. The van der Waals surface area contributed by atoms with E-state index in [4.69, 9.17) is 29.4 Å². The summed E-state index contributed by atoms with van der Waals surface area (Å²) >= 11 is 0. The maximum atomic E-state index is 12.2. The van der Waals surface area contributed by atoms with Crippen LogP contribution in [0.1, 0.15) is 64.9 Å². The normalized spacial score (nSPS) is 13.9. The van der Waals surface area contributed by atoms with Gasteiger partial charge in [-0.05, 0) is 37.5 Å². The summed E-state index contributed by atoms with van der Waals surface area (Å²) in [7, 11) is 1.15. The number of methoxy groups -OCH3 is 1. The SMILES string of the molecule is CCCCOC(=O)Oc1ccc(C(C(C)C(C)OC(=O)OC)[C@H](N)C(=O)O)cc1OC(=O)OCCCC. The minimum absolute atomic E-state index is 0.121. The maximum Gasteiger partial charge on any atom is 0.513 e. The van der Waals surface area contributed by atoms with Crippen LogP contribution in [-0.4, -0.2) is 62.0 Å². The molecule has 0 aliphatic carbocycles. The van der Waals surface area contributed by atoms with E-state index in [1.807, 2.05) is 13.8 Å². The highest BCUT2D eigenvalue weighted by Crippen LogP contribution is 2.37. The van der Waals surface area contributed by atoms with Crippen LogP contribution in [0.2, 0.25) is 0 Å². The minimum atomic E-state index is -1.42. The van der Waals surface area contributed by atoms with Crippen LogP contribution in [0.5, 0.6) is 11.5 Å². The molecule has 208 valence electrons. The van der Waals surface area contributed by atoms with Gasteiger partial charge in [0.25, 0.3) is 0 Å². The second-order valence-corrected chi connectivity index (χ2v) is 8.34. The molecule has 0 aliphatic heterocycles. The average Bonchev–Trinajstić information content (AvgIpc) is 2.85. The predicted octanol–water partition coefficient (Wildman–Crippen LogP) is 4.62. The van der Waals surface area contributed by atoms with E-state index in [2.05, 4.69) is 4.74 Å². The molecule has 0 spiro atoms. The first-order valence-electron chi connectivity index (χ1n) is 12.1. The van der Waals surface area contributed by atoms with Crippen LogP contribution in [-0.2, 0) is 23.7 Å². The summed E-state index contributed by atoms with van der Waals surface area (Å²) < 4.78 is 30.2. The van der Waals surface area contributed by atoms with Crippen LogP contribution in [0.15, 0.2) is 18.2 Å². The highest BCUT2D eigenvalue weighted by atomic mass is 16.7. The van der Waals surface area contributed by atoms with Crippen molar-refractivity contribution in [2.24, 2.45) is 11.7 Å². The molecule has 3 N–H and O–H groups in total. The second-order valence-electron chi connectivity index (χ2n) is 8.34. The number of carbonyl (C=O) groups is 4. The standard InChI is InChI=1S/C25H37NO11/c1-6-8-12-33-24(30)36-18-11-10-17(14-19(18)37-25(31)34-13-9-7-2)20(21(26)22(27)28)15(3)16(4)35-23(29)32-5/h10-11,14-16,20-21H,6-9,12-13,26H2,1-5H3,(H,27,28)/t15?,16?,20?,21-/m0/s1. The summed E-state index contributed by atoms with van der Waals surface area (Å²) in [6.07, 6.45) is -0.919. The molecule has 0 heterocycles. The highest BCUT2D eigenvalue weighted by Gasteiger charge is 2.36. The fourth-order valence-corrected chi connectivity index (χ4v) is 3.32. The van der Waals surface area contributed by atoms with Gasteiger partial charge >= 0.3 is 24.4 Å². The average molecular weight is 528 g/mol. The van der Waals surface area contributed by atoms with Gasteiger partial charge in [0.2, 0.25) is 0 Å². The first-order valence-corrected chi connectivity index (χ1v) is 12.1. The Kier molecular flexibility index (Phi) is 13.8. The molecule has 0 amide bonds. The molecule has 0 aliphatic rings. The number of carboxylic acid groups (broad SMARTS) is 1. The second kappa shape index (κ2) is 16.3. The lowest BCUT2D eigenvalue weighted by molar-refractivity contribution is -0.139. The lowest BCUT2D eigenvalue weighted by Gasteiger charge is -2.31. The van der Waals surface area contributed by atoms with Crippen molar-refractivity contribution in [2.45, 2.75) is 71.4 Å². The Bertz CT molecular complexity index is 905. The molecule has 0 fully saturated rings. The number of carbonyl (C=O) groups excluding carboxylic acids is 3. The Morgan fingerprint density at radius 3 is 1.92 bits per heavy atom. The third kappa shape index (κ3) is 10.5. The van der Waals surface area contributed by atoms with Gasteiger partial charge in [-0.3, -0.25) is 4.79 Å². The number of nitrogens with two attached hydrogens (primary N) is 1. The van der Waals surface area contributed by atoms with Crippen molar-refractivity contribution in [3.63, 3.8) is 0 Å². The summed E-state index contributed by atoms with van der Waals surface area (Å²) in [4.78, 5) is 47.8. The highest BCUT2D eigenvalue weighted by molar-refractivity contribution is 5.75. The summed E-state index contributed by atoms with van der Waals surface area (Å²) in [6, 6.07) is 2.70. The van der Waals surface area contributed by atoms with E-state index in [0.717, 1.165) is 20.0 Å². The van der Waals surface area contributed by atoms with E-state index in [1.165, 1.54) is 18.2 Å². The van der Waals surface area contributed by atoms with Gasteiger partial charge in [0.15, 0.2) is 11.5 Å². The predicted molar refractivity (Wildman–Crippen MR) is 131 cm³/mol.